The van der Waals surface area contributed by atoms with Crippen LogP contribution in [0.3, 0.4) is 0 Å². The van der Waals surface area contributed by atoms with Crippen molar-refractivity contribution >= 4 is 10.0 Å². The van der Waals surface area contributed by atoms with Crippen LogP contribution in [0.1, 0.15) is 26.7 Å². The van der Waals surface area contributed by atoms with E-state index in [1.807, 2.05) is 20.9 Å². The molecule has 0 aliphatic carbocycles. The highest BCUT2D eigenvalue weighted by Gasteiger charge is 2.20. The number of unbranched alkanes of at least 4 members (excludes halogenated alkanes) is 1. The first kappa shape index (κ1) is 16.8. The zero-order valence-electron chi connectivity index (χ0n) is 11.3. The van der Waals surface area contributed by atoms with Gasteiger partial charge in [-0.3, -0.25) is 0 Å². The van der Waals surface area contributed by atoms with Gasteiger partial charge >= 0.3 is 0 Å². The first-order valence-electron chi connectivity index (χ1n) is 6.06. The van der Waals surface area contributed by atoms with Crippen molar-refractivity contribution in [3.8, 4) is 0 Å². The summed E-state index contributed by atoms with van der Waals surface area (Å²) in [6.45, 7) is 5.22. The number of rotatable bonds is 10. The van der Waals surface area contributed by atoms with Gasteiger partial charge in [0, 0.05) is 13.2 Å². The van der Waals surface area contributed by atoms with Gasteiger partial charge in [-0.05, 0) is 32.4 Å². The molecule has 5 nitrogen and oxygen atoms in total. The summed E-state index contributed by atoms with van der Waals surface area (Å²) in [5.41, 5.74) is 0. The van der Waals surface area contributed by atoms with E-state index in [1.54, 1.807) is 7.11 Å². The van der Waals surface area contributed by atoms with Gasteiger partial charge in [0.05, 0.1) is 12.4 Å². The standard InChI is InChI=1S/C11H26N2O3S/c1-10(2)11(9-16-4)13-17(14,15)8-6-5-7-12-3/h10-13H,5-9H2,1-4H3. The lowest BCUT2D eigenvalue weighted by molar-refractivity contribution is 0.157. The molecule has 0 bridgehead atoms. The molecule has 0 aromatic heterocycles. The zero-order chi connectivity index (χ0) is 13.3. The largest absolute Gasteiger partial charge is 0.383 e. The Bertz CT molecular complexity index is 278. The number of nitrogens with one attached hydrogen (secondary N) is 2. The van der Waals surface area contributed by atoms with Crippen molar-refractivity contribution in [2.75, 3.05) is 33.1 Å². The molecule has 0 aromatic rings. The van der Waals surface area contributed by atoms with Crippen molar-refractivity contribution in [2.24, 2.45) is 5.92 Å². The summed E-state index contributed by atoms with van der Waals surface area (Å²) in [6, 6.07) is -0.144. The van der Waals surface area contributed by atoms with E-state index in [1.165, 1.54) is 0 Å². The molecule has 2 N–H and O–H groups in total. The molecular formula is C11H26N2O3S. The van der Waals surface area contributed by atoms with Crippen LogP contribution in [0.4, 0.5) is 0 Å². The first-order valence-corrected chi connectivity index (χ1v) is 7.71. The SMILES string of the molecule is CNCCCCS(=O)(=O)NC(COC)C(C)C. The Labute approximate surface area is 105 Å². The topological polar surface area (TPSA) is 67.4 Å². The van der Waals surface area contributed by atoms with E-state index in [2.05, 4.69) is 10.0 Å². The lowest BCUT2D eigenvalue weighted by Gasteiger charge is -2.21. The summed E-state index contributed by atoms with van der Waals surface area (Å²) in [5.74, 6) is 0.406. The van der Waals surface area contributed by atoms with Crippen LogP contribution in [-0.2, 0) is 14.8 Å². The van der Waals surface area contributed by atoms with Gasteiger partial charge in [-0.2, -0.15) is 0 Å². The minimum atomic E-state index is -3.19. The Hall–Kier alpha value is -0.170. The van der Waals surface area contributed by atoms with E-state index in [0.717, 1.165) is 13.0 Å². The van der Waals surface area contributed by atoms with Crippen molar-refractivity contribution < 1.29 is 13.2 Å². The van der Waals surface area contributed by atoms with Crippen LogP contribution in [-0.4, -0.2) is 47.5 Å². The summed E-state index contributed by atoms with van der Waals surface area (Å²) in [5, 5.41) is 3.00. The van der Waals surface area contributed by atoms with Gasteiger partial charge in [0.2, 0.25) is 10.0 Å². The molecule has 0 heterocycles. The predicted octanol–water partition coefficient (Wildman–Crippen LogP) is 0.576. The molecule has 0 fully saturated rings. The van der Waals surface area contributed by atoms with Gasteiger partial charge in [0.1, 0.15) is 0 Å². The third-order valence-corrected chi connectivity index (χ3v) is 4.06. The maximum atomic E-state index is 11.8. The van der Waals surface area contributed by atoms with Crippen molar-refractivity contribution in [1.82, 2.24) is 10.0 Å². The summed E-state index contributed by atoms with van der Waals surface area (Å²) in [7, 11) is 0.255. The zero-order valence-corrected chi connectivity index (χ0v) is 12.1. The normalized spacial score (nSPS) is 14.2. The number of methoxy groups -OCH3 is 1. The number of sulfonamides is 1. The minimum absolute atomic E-state index is 0.144. The summed E-state index contributed by atoms with van der Waals surface area (Å²) >= 11 is 0. The molecule has 0 aromatic carbocycles. The second-order valence-corrected chi connectivity index (χ2v) is 6.43. The molecule has 1 atom stereocenters. The summed E-state index contributed by atoms with van der Waals surface area (Å²) in [6.07, 6.45) is 1.54. The van der Waals surface area contributed by atoms with Gasteiger partial charge in [-0.15, -0.1) is 0 Å². The highest BCUT2D eigenvalue weighted by atomic mass is 32.2. The van der Waals surface area contributed by atoms with Gasteiger partial charge in [0.15, 0.2) is 0 Å². The summed E-state index contributed by atoms with van der Waals surface area (Å²) < 4.78 is 31.3. The van der Waals surface area contributed by atoms with Crippen LogP contribution in [0.15, 0.2) is 0 Å². The Balaban J connectivity index is 4.12. The van der Waals surface area contributed by atoms with Crippen LogP contribution < -0.4 is 10.0 Å². The molecule has 0 saturated heterocycles. The van der Waals surface area contributed by atoms with E-state index < -0.39 is 10.0 Å². The van der Waals surface area contributed by atoms with Crippen LogP contribution in [0, 0.1) is 5.92 Å². The molecule has 1 unspecified atom stereocenters. The highest BCUT2D eigenvalue weighted by Crippen LogP contribution is 2.05. The highest BCUT2D eigenvalue weighted by molar-refractivity contribution is 7.89. The van der Waals surface area contributed by atoms with Crippen molar-refractivity contribution in [3.63, 3.8) is 0 Å². The van der Waals surface area contributed by atoms with Gasteiger partial charge in [0.25, 0.3) is 0 Å². The fourth-order valence-electron chi connectivity index (χ4n) is 1.43. The smallest absolute Gasteiger partial charge is 0.211 e. The van der Waals surface area contributed by atoms with Gasteiger partial charge < -0.3 is 10.1 Å². The Morgan fingerprint density at radius 3 is 2.35 bits per heavy atom. The van der Waals surface area contributed by atoms with E-state index >= 15 is 0 Å². The van der Waals surface area contributed by atoms with Crippen molar-refractivity contribution in [1.29, 1.82) is 0 Å². The molecule has 6 heteroatoms. The minimum Gasteiger partial charge on any atom is -0.383 e. The van der Waals surface area contributed by atoms with Crippen molar-refractivity contribution in [3.05, 3.63) is 0 Å². The Kier molecular flexibility index (Phi) is 8.77. The summed E-state index contributed by atoms with van der Waals surface area (Å²) in [4.78, 5) is 0. The average Bonchev–Trinajstić information content (AvgIpc) is 2.23. The molecule has 0 amide bonds. The number of hydrogen-bond acceptors (Lipinski definition) is 4. The van der Waals surface area contributed by atoms with E-state index in [9.17, 15) is 8.42 Å². The maximum absolute atomic E-state index is 11.8. The van der Waals surface area contributed by atoms with E-state index in [-0.39, 0.29) is 17.7 Å². The molecule has 0 saturated carbocycles. The number of ether oxygens (including phenoxy) is 1. The van der Waals surface area contributed by atoms with Crippen LogP contribution in [0.2, 0.25) is 0 Å². The quantitative estimate of drug-likeness (QED) is 0.568. The Morgan fingerprint density at radius 2 is 1.88 bits per heavy atom. The van der Waals surface area contributed by atoms with E-state index in [0.29, 0.717) is 13.0 Å². The third kappa shape index (κ3) is 8.54. The molecule has 0 spiro atoms. The van der Waals surface area contributed by atoms with Crippen LogP contribution in [0.5, 0.6) is 0 Å². The van der Waals surface area contributed by atoms with E-state index in [4.69, 9.17) is 4.74 Å². The average molecular weight is 266 g/mol. The molecule has 104 valence electrons. The van der Waals surface area contributed by atoms with Gasteiger partial charge in [-0.1, -0.05) is 13.8 Å². The monoisotopic (exact) mass is 266 g/mol. The lowest BCUT2D eigenvalue weighted by Crippen LogP contribution is -2.42. The van der Waals surface area contributed by atoms with Crippen LogP contribution >= 0.6 is 0 Å². The second-order valence-electron chi connectivity index (χ2n) is 4.55. The maximum Gasteiger partial charge on any atom is 0.211 e. The lowest BCUT2D eigenvalue weighted by atomic mass is 10.1. The first-order chi connectivity index (χ1) is 7.93. The molecular weight excluding hydrogens is 240 g/mol. The van der Waals surface area contributed by atoms with Gasteiger partial charge in [-0.25, -0.2) is 13.1 Å². The predicted molar refractivity (Wildman–Crippen MR) is 70.6 cm³/mol. The molecule has 0 radical (unpaired) electrons. The third-order valence-electron chi connectivity index (χ3n) is 2.57. The van der Waals surface area contributed by atoms with Crippen LogP contribution in [0.25, 0.3) is 0 Å². The molecule has 17 heavy (non-hydrogen) atoms. The fourth-order valence-corrected chi connectivity index (χ4v) is 2.93. The number of hydrogen-bond donors (Lipinski definition) is 2. The second kappa shape index (κ2) is 8.85. The molecule has 0 rings (SSSR count). The Morgan fingerprint density at radius 1 is 1.24 bits per heavy atom. The molecule has 0 aliphatic rings. The van der Waals surface area contributed by atoms with Crippen molar-refractivity contribution in [2.45, 2.75) is 32.7 Å². The molecule has 0 aliphatic heterocycles. The fraction of sp³-hybridized carbons (Fsp3) is 1.00.